The van der Waals surface area contributed by atoms with Crippen molar-refractivity contribution in [1.29, 1.82) is 0 Å². The highest BCUT2D eigenvalue weighted by atomic mass is 16.5. The molecule has 4 aromatic rings. The van der Waals surface area contributed by atoms with Crippen molar-refractivity contribution in [3.05, 3.63) is 60.9 Å². The van der Waals surface area contributed by atoms with Crippen molar-refractivity contribution < 1.29 is 14.2 Å². The van der Waals surface area contributed by atoms with Crippen molar-refractivity contribution >= 4 is 34.0 Å². The monoisotopic (exact) mass is 403 g/mol. The summed E-state index contributed by atoms with van der Waals surface area (Å²) in [6.45, 7) is 0. The van der Waals surface area contributed by atoms with Gasteiger partial charge in [-0.05, 0) is 17.5 Å². The first-order valence-corrected chi connectivity index (χ1v) is 9.18. The molecule has 30 heavy (non-hydrogen) atoms. The second-order valence-electron chi connectivity index (χ2n) is 6.39. The predicted octanol–water partition coefficient (Wildman–Crippen LogP) is 4.10. The second-order valence-corrected chi connectivity index (χ2v) is 6.39. The number of benzene rings is 2. The average molecular weight is 403 g/mol. The lowest BCUT2D eigenvalue weighted by atomic mass is 10.1. The van der Waals surface area contributed by atoms with Gasteiger partial charge in [-0.25, -0.2) is 9.97 Å². The molecule has 0 saturated heterocycles. The quantitative estimate of drug-likeness (QED) is 0.514. The van der Waals surface area contributed by atoms with E-state index < -0.39 is 0 Å². The van der Waals surface area contributed by atoms with Gasteiger partial charge in [-0.3, -0.25) is 4.90 Å². The van der Waals surface area contributed by atoms with Crippen molar-refractivity contribution in [3.8, 4) is 17.2 Å². The number of anilines is 4. The van der Waals surface area contributed by atoms with Crippen LogP contribution >= 0.6 is 0 Å². The van der Waals surface area contributed by atoms with Crippen LogP contribution in [-0.4, -0.2) is 36.3 Å². The van der Waals surface area contributed by atoms with Gasteiger partial charge in [-0.2, -0.15) is 4.98 Å². The Morgan fingerprint density at radius 2 is 1.53 bits per heavy atom. The van der Waals surface area contributed by atoms with Gasteiger partial charge in [-0.15, -0.1) is 0 Å². The first-order chi connectivity index (χ1) is 14.6. The Balaban J connectivity index is 1.96. The number of ether oxygens (including phenoxy) is 3. The van der Waals surface area contributed by atoms with Crippen molar-refractivity contribution in [1.82, 2.24) is 15.0 Å². The molecule has 4 rings (SSSR count). The molecule has 8 nitrogen and oxygen atoms in total. The van der Waals surface area contributed by atoms with Crippen LogP contribution in [0.15, 0.2) is 60.9 Å². The number of hydrogen-bond donors (Lipinski definition) is 1. The fraction of sp³-hybridized carbons (Fsp3) is 0.136. The van der Waals surface area contributed by atoms with Gasteiger partial charge in [0.05, 0.1) is 27.0 Å². The van der Waals surface area contributed by atoms with E-state index in [-0.39, 0.29) is 0 Å². The molecule has 0 unspecified atom stereocenters. The van der Waals surface area contributed by atoms with E-state index in [4.69, 9.17) is 19.9 Å². The third kappa shape index (κ3) is 3.50. The molecule has 0 saturated carbocycles. The van der Waals surface area contributed by atoms with Crippen molar-refractivity contribution in [2.75, 3.05) is 32.0 Å². The van der Waals surface area contributed by atoms with Gasteiger partial charge in [0, 0.05) is 29.9 Å². The number of nitrogens with two attached hydrogens (primary N) is 1. The molecule has 0 atom stereocenters. The Bertz CT molecular complexity index is 1170. The first kappa shape index (κ1) is 19.3. The van der Waals surface area contributed by atoms with E-state index in [1.54, 1.807) is 38.5 Å². The molecule has 0 spiro atoms. The van der Waals surface area contributed by atoms with Gasteiger partial charge in [0.1, 0.15) is 11.6 Å². The molecule has 0 bridgehead atoms. The lowest BCUT2D eigenvalue weighted by molar-refractivity contribution is 0.324. The van der Waals surface area contributed by atoms with E-state index >= 15 is 0 Å². The largest absolute Gasteiger partial charge is 0.493 e. The SMILES string of the molecule is COc1cc(N(c2cc3ccccc3cn2)c2nccc(N)n2)cc(OC)c1OC. The Morgan fingerprint density at radius 1 is 0.833 bits per heavy atom. The average Bonchev–Trinajstić information content (AvgIpc) is 2.78. The minimum atomic E-state index is 0.346. The van der Waals surface area contributed by atoms with Gasteiger partial charge in [0.2, 0.25) is 11.7 Å². The molecule has 0 aliphatic rings. The maximum atomic E-state index is 5.93. The van der Waals surface area contributed by atoms with Crippen LogP contribution in [-0.2, 0) is 0 Å². The third-order valence-electron chi connectivity index (χ3n) is 4.62. The lowest BCUT2D eigenvalue weighted by Gasteiger charge is -2.24. The highest BCUT2D eigenvalue weighted by Gasteiger charge is 2.22. The van der Waals surface area contributed by atoms with Crippen LogP contribution in [0.3, 0.4) is 0 Å². The zero-order valence-electron chi connectivity index (χ0n) is 16.9. The third-order valence-corrected chi connectivity index (χ3v) is 4.62. The molecule has 2 N–H and O–H groups in total. The second kappa shape index (κ2) is 8.12. The molecule has 2 heterocycles. The summed E-state index contributed by atoms with van der Waals surface area (Å²) in [6.07, 6.45) is 3.41. The Labute approximate surface area is 173 Å². The number of aromatic nitrogens is 3. The number of pyridine rings is 1. The van der Waals surface area contributed by atoms with E-state index in [0.29, 0.717) is 40.5 Å². The molecule has 2 aromatic heterocycles. The van der Waals surface area contributed by atoms with Crippen molar-refractivity contribution in [2.24, 2.45) is 0 Å². The van der Waals surface area contributed by atoms with Crippen molar-refractivity contribution in [3.63, 3.8) is 0 Å². The first-order valence-electron chi connectivity index (χ1n) is 9.18. The summed E-state index contributed by atoms with van der Waals surface area (Å²) in [4.78, 5) is 15.2. The normalized spacial score (nSPS) is 10.6. The van der Waals surface area contributed by atoms with Crippen LogP contribution < -0.4 is 24.8 Å². The van der Waals surface area contributed by atoms with Gasteiger partial charge >= 0.3 is 0 Å². The number of nitrogen functional groups attached to an aromatic ring is 1. The maximum absolute atomic E-state index is 5.93. The van der Waals surface area contributed by atoms with E-state index in [0.717, 1.165) is 10.8 Å². The summed E-state index contributed by atoms with van der Waals surface area (Å²) >= 11 is 0. The van der Waals surface area contributed by atoms with Gasteiger partial charge in [0.25, 0.3) is 0 Å². The van der Waals surface area contributed by atoms with Crippen LogP contribution in [0.5, 0.6) is 17.2 Å². The summed E-state index contributed by atoms with van der Waals surface area (Å²) in [6, 6.07) is 15.2. The van der Waals surface area contributed by atoms with Crippen LogP contribution in [0.4, 0.5) is 23.3 Å². The molecule has 0 aliphatic heterocycles. The number of methoxy groups -OCH3 is 3. The Kier molecular flexibility index (Phi) is 5.21. The van der Waals surface area contributed by atoms with Crippen LogP contribution in [0.25, 0.3) is 10.8 Å². The minimum absolute atomic E-state index is 0.346. The van der Waals surface area contributed by atoms with Crippen molar-refractivity contribution in [2.45, 2.75) is 0 Å². The number of nitrogens with zero attached hydrogens (tertiary/aromatic N) is 4. The molecular weight excluding hydrogens is 382 g/mol. The van der Waals surface area contributed by atoms with Gasteiger partial charge < -0.3 is 19.9 Å². The fourth-order valence-electron chi connectivity index (χ4n) is 3.21. The highest BCUT2D eigenvalue weighted by molar-refractivity contribution is 5.86. The number of fused-ring (bicyclic) bond motifs is 1. The van der Waals surface area contributed by atoms with Crippen LogP contribution in [0, 0.1) is 0 Å². The highest BCUT2D eigenvalue weighted by Crippen LogP contribution is 2.44. The van der Waals surface area contributed by atoms with E-state index in [9.17, 15) is 0 Å². The van der Waals surface area contributed by atoms with Crippen LogP contribution in [0.1, 0.15) is 0 Å². The fourth-order valence-corrected chi connectivity index (χ4v) is 3.21. The lowest BCUT2D eigenvalue weighted by Crippen LogP contribution is -2.15. The molecule has 0 fully saturated rings. The summed E-state index contributed by atoms with van der Waals surface area (Å²) in [7, 11) is 4.69. The summed E-state index contributed by atoms with van der Waals surface area (Å²) in [5, 5.41) is 2.06. The minimum Gasteiger partial charge on any atom is -0.493 e. The molecule has 0 amide bonds. The molecule has 0 radical (unpaired) electrons. The maximum Gasteiger partial charge on any atom is 0.237 e. The summed E-state index contributed by atoms with van der Waals surface area (Å²) in [5.41, 5.74) is 6.61. The molecular formula is C22H21N5O3. The zero-order chi connectivity index (χ0) is 21.1. The van der Waals surface area contributed by atoms with Gasteiger partial charge in [-0.1, -0.05) is 24.3 Å². The Hall–Kier alpha value is -4.07. The standard InChI is InChI=1S/C22H21N5O3/c1-28-17-11-16(12-18(29-2)21(17)30-3)27(22-24-9-8-19(23)26-22)20-10-14-6-4-5-7-15(14)13-25-20/h4-13H,1-3H3,(H2,23,24,26). The Morgan fingerprint density at radius 3 is 2.17 bits per heavy atom. The van der Waals surface area contributed by atoms with E-state index in [1.807, 2.05) is 48.7 Å². The topological polar surface area (TPSA) is 95.6 Å². The predicted molar refractivity (Wildman–Crippen MR) is 116 cm³/mol. The number of rotatable bonds is 6. The molecule has 152 valence electrons. The van der Waals surface area contributed by atoms with Gasteiger partial charge in [0.15, 0.2) is 11.5 Å². The molecule has 0 aliphatic carbocycles. The van der Waals surface area contributed by atoms with E-state index in [1.165, 1.54) is 0 Å². The zero-order valence-corrected chi connectivity index (χ0v) is 16.9. The molecule has 2 aromatic carbocycles. The number of hydrogen-bond acceptors (Lipinski definition) is 8. The summed E-state index contributed by atoms with van der Waals surface area (Å²) < 4.78 is 16.5. The smallest absolute Gasteiger partial charge is 0.237 e. The van der Waals surface area contributed by atoms with E-state index in [2.05, 4.69) is 15.0 Å². The summed E-state index contributed by atoms with van der Waals surface area (Å²) in [5.74, 6) is 2.82. The molecule has 8 heteroatoms. The van der Waals surface area contributed by atoms with Crippen LogP contribution in [0.2, 0.25) is 0 Å².